The van der Waals surface area contributed by atoms with E-state index in [0.717, 1.165) is 8.61 Å². The lowest BCUT2D eigenvalue weighted by atomic mass is 10.2. The van der Waals surface area contributed by atoms with Crippen LogP contribution >= 0.6 is 0 Å². The minimum absolute atomic E-state index is 0.0428. The van der Waals surface area contributed by atoms with E-state index in [9.17, 15) is 18.3 Å². The fourth-order valence-electron chi connectivity index (χ4n) is 2.31. The summed E-state index contributed by atoms with van der Waals surface area (Å²) in [5, 5.41) is 9.64. The van der Waals surface area contributed by atoms with Crippen LogP contribution in [0.25, 0.3) is 0 Å². The number of hydrogen-bond acceptors (Lipinski definition) is 6. The maximum atomic E-state index is 12.5. The average molecular weight is 324 g/mol. The van der Waals surface area contributed by atoms with E-state index in [1.54, 1.807) is 6.92 Å². The van der Waals surface area contributed by atoms with Crippen molar-refractivity contribution in [1.29, 1.82) is 0 Å². The molecule has 0 bridgehead atoms. The van der Waals surface area contributed by atoms with Crippen LogP contribution < -0.4 is 0 Å². The molecule has 1 heterocycles. The zero-order valence-electron chi connectivity index (χ0n) is 12.7. The number of esters is 1. The summed E-state index contributed by atoms with van der Waals surface area (Å²) >= 11 is 0. The highest BCUT2D eigenvalue weighted by Crippen LogP contribution is 2.23. The number of aliphatic hydroxyl groups is 1. The van der Waals surface area contributed by atoms with E-state index in [2.05, 4.69) is 0 Å². The van der Waals surface area contributed by atoms with Crippen LogP contribution in [0.15, 0.2) is 0 Å². The van der Waals surface area contributed by atoms with Gasteiger partial charge in [0.05, 0.1) is 19.3 Å². The molecule has 21 heavy (non-hydrogen) atoms. The maximum Gasteiger partial charge on any atom is 0.324 e. The minimum Gasteiger partial charge on any atom is -0.465 e. The Kier molecular flexibility index (Phi) is 7.01. The maximum absolute atomic E-state index is 12.5. The van der Waals surface area contributed by atoms with Gasteiger partial charge in [-0.05, 0) is 19.8 Å². The van der Waals surface area contributed by atoms with Gasteiger partial charge in [-0.2, -0.15) is 17.0 Å². The van der Waals surface area contributed by atoms with Crippen LogP contribution in [0, 0.1) is 0 Å². The average Bonchev–Trinajstić information content (AvgIpc) is 2.89. The van der Waals surface area contributed by atoms with Crippen LogP contribution in [0.3, 0.4) is 0 Å². The number of rotatable bonds is 8. The summed E-state index contributed by atoms with van der Waals surface area (Å²) in [6.07, 6.45) is 0.141. The molecule has 1 N–H and O–H groups in total. The van der Waals surface area contributed by atoms with E-state index in [4.69, 9.17) is 9.47 Å². The van der Waals surface area contributed by atoms with E-state index >= 15 is 0 Å². The SMILES string of the molecule is CCOC(=O)C1CCCN1S(=O)(=O)N(C)CC(O)COC. The Bertz CT molecular complexity index is 441. The highest BCUT2D eigenvalue weighted by molar-refractivity contribution is 7.86. The lowest BCUT2D eigenvalue weighted by molar-refractivity contribution is -0.146. The molecule has 0 aromatic rings. The molecule has 0 amide bonds. The summed E-state index contributed by atoms with van der Waals surface area (Å²) in [6, 6.07) is -0.781. The molecule has 8 nitrogen and oxygen atoms in total. The number of carbonyl (C=O) groups is 1. The van der Waals surface area contributed by atoms with Gasteiger partial charge in [-0.25, -0.2) is 0 Å². The molecule has 0 saturated carbocycles. The molecule has 2 atom stereocenters. The Labute approximate surface area is 125 Å². The lowest BCUT2D eigenvalue weighted by Gasteiger charge is -2.28. The Hall–Kier alpha value is -0.740. The number of hydrogen-bond donors (Lipinski definition) is 1. The second kappa shape index (κ2) is 8.04. The van der Waals surface area contributed by atoms with Gasteiger partial charge in [0.15, 0.2) is 0 Å². The minimum atomic E-state index is -3.81. The standard InChI is InChI=1S/C12H24N2O6S/c1-4-20-12(16)11-6-5-7-14(11)21(17,18)13(2)8-10(15)9-19-3/h10-11,15H,4-9H2,1-3H3. The highest BCUT2D eigenvalue weighted by Gasteiger charge is 2.41. The largest absolute Gasteiger partial charge is 0.465 e. The normalized spacial score (nSPS) is 21.7. The molecule has 0 aromatic carbocycles. The first-order chi connectivity index (χ1) is 9.84. The van der Waals surface area contributed by atoms with Crippen molar-refractivity contribution >= 4 is 16.2 Å². The van der Waals surface area contributed by atoms with Crippen LogP contribution in [-0.4, -0.2) is 80.7 Å². The van der Waals surface area contributed by atoms with Gasteiger partial charge in [0.2, 0.25) is 0 Å². The van der Waals surface area contributed by atoms with Gasteiger partial charge in [-0.1, -0.05) is 0 Å². The Morgan fingerprint density at radius 2 is 2.19 bits per heavy atom. The monoisotopic (exact) mass is 324 g/mol. The molecular formula is C12H24N2O6S. The van der Waals surface area contributed by atoms with Gasteiger partial charge in [-0.3, -0.25) is 4.79 Å². The Balaban J connectivity index is 2.78. The van der Waals surface area contributed by atoms with Gasteiger partial charge < -0.3 is 14.6 Å². The Morgan fingerprint density at radius 1 is 1.52 bits per heavy atom. The number of ether oxygens (including phenoxy) is 2. The molecule has 1 fully saturated rings. The zero-order valence-corrected chi connectivity index (χ0v) is 13.5. The molecular weight excluding hydrogens is 300 g/mol. The Morgan fingerprint density at radius 3 is 2.76 bits per heavy atom. The van der Waals surface area contributed by atoms with Gasteiger partial charge >= 0.3 is 5.97 Å². The molecule has 0 aliphatic carbocycles. The molecule has 1 aliphatic heterocycles. The third-order valence-electron chi connectivity index (χ3n) is 3.28. The topological polar surface area (TPSA) is 96.4 Å². The second-order valence-electron chi connectivity index (χ2n) is 4.92. The van der Waals surface area contributed by atoms with E-state index in [-0.39, 0.29) is 26.3 Å². The van der Waals surface area contributed by atoms with Crippen LogP contribution in [0.5, 0.6) is 0 Å². The summed E-state index contributed by atoms with van der Waals surface area (Å²) in [5.74, 6) is -0.524. The van der Waals surface area contributed by atoms with Crippen molar-refractivity contribution in [2.75, 3.05) is 40.5 Å². The number of aliphatic hydroxyl groups excluding tert-OH is 1. The molecule has 2 unspecified atom stereocenters. The number of carbonyl (C=O) groups excluding carboxylic acids is 1. The molecule has 0 radical (unpaired) electrons. The van der Waals surface area contributed by atoms with Crippen molar-refractivity contribution < 1.29 is 27.8 Å². The van der Waals surface area contributed by atoms with Crippen molar-refractivity contribution in [1.82, 2.24) is 8.61 Å². The van der Waals surface area contributed by atoms with Crippen LogP contribution in [0.2, 0.25) is 0 Å². The number of nitrogens with zero attached hydrogens (tertiary/aromatic N) is 2. The first kappa shape index (κ1) is 18.3. The van der Waals surface area contributed by atoms with Crippen molar-refractivity contribution in [3.8, 4) is 0 Å². The fraction of sp³-hybridized carbons (Fsp3) is 0.917. The second-order valence-corrected chi connectivity index (χ2v) is 6.91. The molecule has 0 spiro atoms. The van der Waals surface area contributed by atoms with Crippen LogP contribution in [0.4, 0.5) is 0 Å². The van der Waals surface area contributed by atoms with Crippen molar-refractivity contribution in [2.45, 2.75) is 31.9 Å². The molecule has 124 valence electrons. The van der Waals surface area contributed by atoms with E-state index in [1.165, 1.54) is 14.2 Å². The molecule has 0 aromatic heterocycles. The first-order valence-corrected chi connectivity index (χ1v) is 8.31. The fourth-order valence-corrected chi connectivity index (χ4v) is 3.90. The van der Waals surface area contributed by atoms with Gasteiger partial charge in [-0.15, -0.1) is 0 Å². The van der Waals surface area contributed by atoms with Crippen LogP contribution in [-0.2, 0) is 24.5 Å². The third-order valence-corrected chi connectivity index (χ3v) is 5.25. The number of methoxy groups -OCH3 is 1. The van der Waals surface area contributed by atoms with Crippen LogP contribution in [0.1, 0.15) is 19.8 Å². The smallest absolute Gasteiger partial charge is 0.324 e. The summed E-state index contributed by atoms with van der Waals surface area (Å²) < 4.78 is 36.8. The first-order valence-electron chi connectivity index (χ1n) is 6.91. The van der Waals surface area contributed by atoms with Crippen molar-refractivity contribution in [2.24, 2.45) is 0 Å². The summed E-state index contributed by atoms with van der Waals surface area (Å²) in [5.41, 5.74) is 0. The lowest BCUT2D eigenvalue weighted by Crippen LogP contribution is -2.49. The molecule has 1 saturated heterocycles. The summed E-state index contributed by atoms with van der Waals surface area (Å²) in [6.45, 7) is 2.12. The molecule has 1 aliphatic rings. The molecule has 1 rings (SSSR count). The van der Waals surface area contributed by atoms with Gasteiger partial charge in [0.1, 0.15) is 6.04 Å². The molecule has 9 heteroatoms. The van der Waals surface area contributed by atoms with Crippen molar-refractivity contribution in [3.05, 3.63) is 0 Å². The number of likely N-dealkylation sites (N-methyl/N-ethyl adjacent to an activating group) is 1. The third kappa shape index (κ3) is 4.62. The summed E-state index contributed by atoms with van der Waals surface area (Å²) in [7, 11) is -1.02. The quantitative estimate of drug-likeness (QED) is 0.587. The zero-order chi connectivity index (χ0) is 16.0. The predicted molar refractivity (Wildman–Crippen MR) is 75.8 cm³/mol. The van der Waals surface area contributed by atoms with E-state index < -0.39 is 28.3 Å². The van der Waals surface area contributed by atoms with E-state index in [1.807, 2.05) is 0 Å². The van der Waals surface area contributed by atoms with Crippen molar-refractivity contribution in [3.63, 3.8) is 0 Å². The highest BCUT2D eigenvalue weighted by atomic mass is 32.2. The predicted octanol–water partition coefficient (Wildman–Crippen LogP) is -0.802. The van der Waals surface area contributed by atoms with E-state index in [0.29, 0.717) is 12.8 Å². The van der Waals surface area contributed by atoms with Gasteiger partial charge in [0.25, 0.3) is 10.2 Å². The van der Waals surface area contributed by atoms with Gasteiger partial charge in [0, 0.05) is 27.2 Å². The summed E-state index contributed by atoms with van der Waals surface area (Å²) in [4.78, 5) is 11.8.